The molecule has 1 aromatic carbocycles. The van der Waals surface area contributed by atoms with E-state index in [1.807, 2.05) is 42.1 Å². The summed E-state index contributed by atoms with van der Waals surface area (Å²) in [4.78, 5) is 20.3. The average molecular weight is 369 g/mol. The molecule has 0 aliphatic heterocycles. The van der Waals surface area contributed by atoms with Crippen LogP contribution in [0.5, 0.6) is 0 Å². The van der Waals surface area contributed by atoms with Crippen molar-refractivity contribution in [1.82, 2.24) is 14.5 Å². The second-order valence-corrected chi connectivity index (χ2v) is 6.21. The summed E-state index contributed by atoms with van der Waals surface area (Å²) in [6.07, 6.45) is 3.36. The number of fused-ring (bicyclic) bond motifs is 1. The van der Waals surface area contributed by atoms with E-state index >= 15 is 0 Å². The number of amides is 1. The van der Waals surface area contributed by atoms with Crippen molar-refractivity contribution in [3.05, 3.63) is 42.2 Å². The lowest BCUT2D eigenvalue weighted by Crippen LogP contribution is -2.33. The van der Waals surface area contributed by atoms with Crippen LogP contribution >= 0.6 is 0 Å². The fourth-order valence-corrected chi connectivity index (χ4v) is 2.78. The minimum absolute atomic E-state index is 0.203. The molecule has 0 aliphatic carbocycles. The summed E-state index contributed by atoms with van der Waals surface area (Å²) in [5, 5.41) is 7.25. The van der Waals surface area contributed by atoms with Gasteiger partial charge in [0.2, 0.25) is 5.95 Å². The van der Waals surface area contributed by atoms with Crippen LogP contribution in [0.25, 0.3) is 10.9 Å². The Balaban J connectivity index is 1.90. The summed E-state index contributed by atoms with van der Waals surface area (Å²) in [5.41, 5.74) is 13.5. The molecule has 3 rings (SSSR count). The Morgan fingerprint density at radius 1 is 1.37 bits per heavy atom. The molecule has 0 spiro atoms. The van der Waals surface area contributed by atoms with Crippen molar-refractivity contribution in [3.8, 4) is 0 Å². The van der Waals surface area contributed by atoms with Gasteiger partial charge in [-0.15, -0.1) is 0 Å². The van der Waals surface area contributed by atoms with Crippen molar-refractivity contribution in [2.24, 2.45) is 18.5 Å². The second-order valence-electron chi connectivity index (χ2n) is 6.21. The van der Waals surface area contributed by atoms with Gasteiger partial charge < -0.3 is 31.4 Å². The number of anilines is 3. The summed E-state index contributed by atoms with van der Waals surface area (Å²) < 4.78 is 7.02. The molecule has 6 N–H and O–H groups in total. The Kier molecular flexibility index (Phi) is 5.53. The first-order valence-electron chi connectivity index (χ1n) is 8.46. The van der Waals surface area contributed by atoms with Crippen LogP contribution in [-0.4, -0.2) is 46.7 Å². The van der Waals surface area contributed by atoms with Crippen molar-refractivity contribution in [2.45, 2.75) is 6.04 Å². The maximum atomic E-state index is 11.8. The van der Waals surface area contributed by atoms with E-state index in [9.17, 15) is 4.79 Å². The summed E-state index contributed by atoms with van der Waals surface area (Å²) in [7, 11) is 3.56. The molecule has 27 heavy (non-hydrogen) atoms. The first-order chi connectivity index (χ1) is 13.0. The molecule has 1 atom stereocenters. The van der Waals surface area contributed by atoms with Crippen LogP contribution in [0.2, 0.25) is 0 Å². The number of benzene rings is 1. The number of nitrogens with zero attached hydrogens (tertiary/aromatic N) is 3. The zero-order valence-corrected chi connectivity index (χ0v) is 15.3. The van der Waals surface area contributed by atoms with Gasteiger partial charge in [0.1, 0.15) is 11.4 Å². The number of methoxy groups -OCH3 is 1. The Morgan fingerprint density at radius 3 is 2.93 bits per heavy atom. The van der Waals surface area contributed by atoms with Gasteiger partial charge in [0, 0.05) is 55.7 Å². The summed E-state index contributed by atoms with van der Waals surface area (Å²) in [6, 6.07) is 7.64. The maximum absolute atomic E-state index is 11.8. The molecule has 1 amide bonds. The van der Waals surface area contributed by atoms with Gasteiger partial charge in [-0.25, -0.2) is 4.98 Å². The van der Waals surface area contributed by atoms with Crippen LogP contribution in [0.4, 0.5) is 17.5 Å². The number of nitrogens with one attached hydrogen (secondary N) is 2. The second kappa shape index (κ2) is 8.02. The van der Waals surface area contributed by atoms with Gasteiger partial charge in [-0.1, -0.05) is 6.07 Å². The Labute approximate surface area is 156 Å². The topological polar surface area (TPSA) is 133 Å². The lowest BCUT2D eigenvalue weighted by atomic mass is 10.2. The number of ether oxygens (including phenoxy) is 1. The molecular weight excluding hydrogens is 346 g/mol. The fraction of sp³-hybridized carbons (Fsp3) is 0.278. The lowest BCUT2D eigenvalue weighted by Gasteiger charge is -2.14. The van der Waals surface area contributed by atoms with Crippen LogP contribution in [-0.2, 0) is 11.8 Å². The van der Waals surface area contributed by atoms with E-state index in [-0.39, 0.29) is 11.6 Å². The predicted molar refractivity (Wildman–Crippen MR) is 105 cm³/mol. The van der Waals surface area contributed by atoms with E-state index in [0.29, 0.717) is 24.9 Å². The van der Waals surface area contributed by atoms with E-state index < -0.39 is 5.91 Å². The standard InChI is InChI=1S/C18H23N7O2/c1-25-7-6-12-14(4-3-5-15(12)25)23-17-13(16(20)26)9-22-18(24-17)21-8-11(19)10-27-2/h3-7,9,11H,8,10,19H2,1-2H3,(H2,20,26)(H2,21,22,23,24). The molecule has 0 aliphatic rings. The largest absolute Gasteiger partial charge is 0.383 e. The summed E-state index contributed by atoms with van der Waals surface area (Å²) in [6.45, 7) is 0.838. The molecule has 0 bridgehead atoms. The third-order valence-corrected chi connectivity index (χ3v) is 4.14. The molecule has 9 heteroatoms. The highest BCUT2D eigenvalue weighted by Gasteiger charge is 2.14. The minimum atomic E-state index is -0.611. The highest BCUT2D eigenvalue weighted by molar-refractivity contribution is 6.00. The molecule has 2 heterocycles. The maximum Gasteiger partial charge on any atom is 0.254 e. The zero-order valence-electron chi connectivity index (χ0n) is 15.3. The van der Waals surface area contributed by atoms with Gasteiger partial charge in [-0.2, -0.15) is 4.98 Å². The first kappa shape index (κ1) is 18.6. The predicted octanol–water partition coefficient (Wildman–Crippen LogP) is 1.20. The minimum Gasteiger partial charge on any atom is -0.383 e. The zero-order chi connectivity index (χ0) is 19.4. The van der Waals surface area contributed by atoms with Gasteiger partial charge >= 0.3 is 0 Å². The fourth-order valence-electron chi connectivity index (χ4n) is 2.78. The average Bonchev–Trinajstić information content (AvgIpc) is 3.02. The van der Waals surface area contributed by atoms with Gasteiger partial charge in [-0.3, -0.25) is 4.79 Å². The summed E-state index contributed by atoms with van der Waals surface area (Å²) >= 11 is 0. The quantitative estimate of drug-likeness (QED) is 0.469. The smallest absolute Gasteiger partial charge is 0.254 e. The monoisotopic (exact) mass is 369 g/mol. The van der Waals surface area contributed by atoms with Crippen molar-refractivity contribution < 1.29 is 9.53 Å². The molecule has 9 nitrogen and oxygen atoms in total. The molecule has 142 valence electrons. The van der Waals surface area contributed by atoms with Gasteiger partial charge in [0.05, 0.1) is 6.61 Å². The van der Waals surface area contributed by atoms with Crippen molar-refractivity contribution in [2.75, 3.05) is 30.9 Å². The number of nitrogens with two attached hydrogens (primary N) is 2. The normalized spacial score (nSPS) is 12.1. The van der Waals surface area contributed by atoms with Crippen LogP contribution in [0.15, 0.2) is 36.7 Å². The lowest BCUT2D eigenvalue weighted by molar-refractivity contribution is 0.100. The number of rotatable bonds is 8. The molecule has 1 unspecified atom stereocenters. The van der Waals surface area contributed by atoms with E-state index in [4.69, 9.17) is 16.2 Å². The number of hydrogen-bond acceptors (Lipinski definition) is 7. The van der Waals surface area contributed by atoms with Crippen molar-refractivity contribution in [1.29, 1.82) is 0 Å². The Morgan fingerprint density at radius 2 is 2.19 bits per heavy atom. The number of carbonyl (C=O) groups is 1. The van der Waals surface area contributed by atoms with Crippen LogP contribution in [0.3, 0.4) is 0 Å². The molecule has 0 fully saturated rings. The Hall–Kier alpha value is -3.17. The highest BCUT2D eigenvalue weighted by atomic mass is 16.5. The van der Waals surface area contributed by atoms with Gasteiger partial charge in [0.25, 0.3) is 5.91 Å². The first-order valence-corrected chi connectivity index (χ1v) is 8.46. The number of aryl methyl sites for hydroxylation is 1. The molecule has 3 aromatic rings. The van der Waals surface area contributed by atoms with Crippen LogP contribution in [0, 0.1) is 0 Å². The van der Waals surface area contributed by atoms with Crippen LogP contribution in [0.1, 0.15) is 10.4 Å². The number of carbonyl (C=O) groups excluding carboxylic acids is 1. The van der Waals surface area contributed by atoms with Crippen molar-refractivity contribution >= 4 is 34.3 Å². The van der Waals surface area contributed by atoms with E-state index in [0.717, 1.165) is 16.6 Å². The molecular formula is C18H23N7O2. The van der Waals surface area contributed by atoms with Crippen LogP contribution < -0.4 is 22.1 Å². The number of aromatic nitrogens is 3. The molecule has 2 aromatic heterocycles. The number of hydrogen-bond donors (Lipinski definition) is 4. The summed E-state index contributed by atoms with van der Waals surface area (Å²) in [5.74, 6) is 0.0614. The van der Waals surface area contributed by atoms with Crippen molar-refractivity contribution in [3.63, 3.8) is 0 Å². The van der Waals surface area contributed by atoms with Gasteiger partial charge in [-0.05, 0) is 18.2 Å². The molecule has 0 saturated heterocycles. The van der Waals surface area contributed by atoms with E-state index in [1.165, 1.54) is 6.20 Å². The van der Waals surface area contributed by atoms with E-state index in [1.54, 1.807) is 7.11 Å². The SMILES string of the molecule is COCC(N)CNc1ncc(C(N)=O)c(Nc2cccc3c2ccn3C)n1. The molecule has 0 radical (unpaired) electrons. The third kappa shape index (κ3) is 4.15. The highest BCUT2D eigenvalue weighted by Crippen LogP contribution is 2.27. The number of primary amides is 1. The van der Waals surface area contributed by atoms with Gasteiger partial charge in [0.15, 0.2) is 0 Å². The van der Waals surface area contributed by atoms with E-state index in [2.05, 4.69) is 20.6 Å². The Bertz CT molecular complexity index is 954. The molecule has 0 saturated carbocycles. The third-order valence-electron chi connectivity index (χ3n) is 4.14.